The Kier molecular flexibility index (Phi) is 6.93. The zero-order valence-electron chi connectivity index (χ0n) is 18.5. The molecule has 0 fully saturated rings. The number of hydrogen-bond acceptors (Lipinski definition) is 7. The smallest absolute Gasteiger partial charge is 0.306 e. The summed E-state index contributed by atoms with van der Waals surface area (Å²) >= 11 is 1.34. The number of ether oxygens (including phenoxy) is 3. The highest BCUT2D eigenvalue weighted by molar-refractivity contribution is 7.12. The molecule has 1 atom stereocenters. The fraction of sp³-hybridized carbons (Fsp3) is 0.320. The summed E-state index contributed by atoms with van der Waals surface area (Å²) in [6.45, 7) is 4.37. The number of ketones is 2. The van der Waals surface area contributed by atoms with Crippen molar-refractivity contribution < 1.29 is 28.6 Å². The first kappa shape index (κ1) is 22.8. The number of carbonyl (C=O) groups is 3. The summed E-state index contributed by atoms with van der Waals surface area (Å²) < 4.78 is 19.0. The van der Waals surface area contributed by atoms with Crippen molar-refractivity contribution >= 4 is 28.9 Å². The molecule has 7 nitrogen and oxygen atoms in total. The Bertz CT molecular complexity index is 1160. The molecule has 4 rings (SSSR count). The van der Waals surface area contributed by atoms with Crippen molar-refractivity contribution in [2.75, 3.05) is 13.2 Å². The highest BCUT2D eigenvalue weighted by Crippen LogP contribution is 2.31. The third-order valence-corrected chi connectivity index (χ3v) is 6.46. The van der Waals surface area contributed by atoms with Gasteiger partial charge in [-0.1, -0.05) is 18.2 Å². The van der Waals surface area contributed by atoms with Gasteiger partial charge in [-0.2, -0.15) is 0 Å². The van der Waals surface area contributed by atoms with E-state index in [1.54, 1.807) is 18.2 Å². The van der Waals surface area contributed by atoms with Crippen LogP contribution in [0.15, 0.2) is 47.8 Å². The number of aromatic nitrogens is 1. The molecule has 1 aliphatic heterocycles. The van der Waals surface area contributed by atoms with Crippen LogP contribution in [0.4, 0.5) is 0 Å². The van der Waals surface area contributed by atoms with E-state index < -0.39 is 5.97 Å². The fourth-order valence-corrected chi connectivity index (χ4v) is 4.49. The molecule has 1 aliphatic rings. The molecule has 0 saturated heterocycles. The number of para-hydroxylation sites is 2. The van der Waals surface area contributed by atoms with Crippen LogP contribution in [0.1, 0.15) is 44.3 Å². The van der Waals surface area contributed by atoms with Gasteiger partial charge in [-0.25, -0.2) is 0 Å². The van der Waals surface area contributed by atoms with Crippen LogP contribution in [0.3, 0.4) is 0 Å². The van der Waals surface area contributed by atoms with Crippen molar-refractivity contribution in [2.24, 2.45) is 0 Å². The molecular formula is C25H25NO6S. The van der Waals surface area contributed by atoms with Gasteiger partial charge in [0.2, 0.25) is 5.78 Å². The van der Waals surface area contributed by atoms with Crippen molar-refractivity contribution in [3.8, 4) is 11.5 Å². The molecule has 0 saturated carbocycles. The number of Topliss-reactive ketones (excluding diaryl/α,β-unsaturated/α-hetero) is 2. The Morgan fingerprint density at radius 1 is 1.06 bits per heavy atom. The second-order valence-electron chi connectivity index (χ2n) is 7.88. The molecule has 3 heterocycles. The Morgan fingerprint density at radius 3 is 2.61 bits per heavy atom. The molecule has 0 aliphatic carbocycles. The van der Waals surface area contributed by atoms with Crippen LogP contribution in [-0.4, -0.2) is 41.4 Å². The van der Waals surface area contributed by atoms with E-state index in [-0.39, 0.29) is 37.1 Å². The topological polar surface area (TPSA) is 83.8 Å². The normalized spacial score (nSPS) is 14.7. The number of hydrogen-bond donors (Lipinski definition) is 0. The number of esters is 1. The van der Waals surface area contributed by atoms with E-state index in [2.05, 4.69) is 0 Å². The van der Waals surface area contributed by atoms with Crippen LogP contribution >= 0.6 is 11.3 Å². The molecule has 33 heavy (non-hydrogen) atoms. The molecule has 0 bridgehead atoms. The molecule has 3 aromatic rings. The van der Waals surface area contributed by atoms with E-state index in [9.17, 15) is 14.4 Å². The van der Waals surface area contributed by atoms with Crippen molar-refractivity contribution in [3.05, 3.63) is 69.7 Å². The molecule has 172 valence electrons. The second kappa shape index (κ2) is 10.0. The van der Waals surface area contributed by atoms with Gasteiger partial charge in [-0.05, 0) is 43.5 Å². The first-order chi connectivity index (χ1) is 15.9. The Morgan fingerprint density at radius 2 is 1.85 bits per heavy atom. The van der Waals surface area contributed by atoms with Gasteiger partial charge in [0.1, 0.15) is 6.61 Å². The molecule has 2 aromatic heterocycles. The lowest BCUT2D eigenvalue weighted by atomic mass is 10.1. The van der Waals surface area contributed by atoms with Gasteiger partial charge in [-0.3, -0.25) is 14.4 Å². The van der Waals surface area contributed by atoms with Crippen molar-refractivity contribution in [2.45, 2.75) is 39.3 Å². The van der Waals surface area contributed by atoms with Crippen LogP contribution in [0.5, 0.6) is 11.5 Å². The SMILES string of the molecule is Cc1cc(C(=O)COC(=O)CCC(=O)c2cccs2)c(C)n1CC1COc2ccccc2O1. The minimum absolute atomic E-state index is 0.0521. The molecule has 0 spiro atoms. The predicted octanol–water partition coefficient (Wildman–Crippen LogP) is 4.40. The third kappa shape index (κ3) is 5.34. The number of fused-ring (bicyclic) bond motifs is 1. The van der Waals surface area contributed by atoms with Crippen molar-refractivity contribution in [3.63, 3.8) is 0 Å². The van der Waals surface area contributed by atoms with Crippen LogP contribution in [-0.2, 0) is 16.1 Å². The molecule has 1 unspecified atom stereocenters. The second-order valence-corrected chi connectivity index (χ2v) is 8.83. The molecule has 0 N–H and O–H groups in total. The summed E-state index contributed by atoms with van der Waals surface area (Å²) in [5.74, 6) is 0.488. The zero-order valence-corrected chi connectivity index (χ0v) is 19.4. The maximum Gasteiger partial charge on any atom is 0.306 e. The number of benzene rings is 1. The number of thiophene rings is 1. The van der Waals surface area contributed by atoms with E-state index in [1.165, 1.54) is 11.3 Å². The Labute approximate surface area is 195 Å². The van der Waals surface area contributed by atoms with Gasteiger partial charge < -0.3 is 18.8 Å². The fourth-order valence-electron chi connectivity index (χ4n) is 3.79. The Hall–Kier alpha value is -3.39. The maximum absolute atomic E-state index is 12.7. The lowest BCUT2D eigenvalue weighted by molar-refractivity contribution is -0.142. The van der Waals surface area contributed by atoms with E-state index in [1.807, 2.05) is 48.1 Å². The first-order valence-electron chi connectivity index (χ1n) is 10.7. The molecular weight excluding hydrogens is 442 g/mol. The monoisotopic (exact) mass is 467 g/mol. The van der Waals surface area contributed by atoms with Crippen molar-refractivity contribution in [1.82, 2.24) is 4.57 Å². The standard InChI is InChI=1S/C25H25NO6S/c1-16-12-19(21(28)15-31-25(29)10-9-20(27)24-8-5-11-33-24)17(2)26(16)13-18-14-30-22-6-3-4-7-23(22)32-18/h3-8,11-12,18H,9-10,13-15H2,1-2H3. The van der Waals surface area contributed by atoms with Gasteiger partial charge in [0.25, 0.3) is 0 Å². The van der Waals surface area contributed by atoms with Gasteiger partial charge in [-0.15, -0.1) is 11.3 Å². The minimum atomic E-state index is -0.562. The Balaban J connectivity index is 1.31. The lowest BCUT2D eigenvalue weighted by Gasteiger charge is -2.27. The molecule has 8 heteroatoms. The summed E-state index contributed by atoms with van der Waals surface area (Å²) in [6, 6.07) is 12.8. The van der Waals surface area contributed by atoms with Crippen molar-refractivity contribution in [1.29, 1.82) is 0 Å². The first-order valence-corrected chi connectivity index (χ1v) is 11.6. The zero-order chi connectivity index (χ0) is 23.4. The van der Waals surface area contributed by atoms with Gasteiger partial charge in [0, 0.05) is 23.4 Å². The van der Waals surface area contributed by atoms with Gasteiger partial charge in [0.15, 0.2) is 30.0 Å². The van der Waals surface area contributed by atoms with E-state index in [4.69, 9.17) is 14.2 Å². The highest BCUT2D eigenvalue weighted by Gasteiger charge is 2.24. The van der Waals surface area contributed by atoms with Gasteiger partial charge in [0.05, 0.1) is 17.8 Å². The largest absolute Gasteiger partial charge is 0.486 e. The summed E-state index contributed by atoms with van der Waals surface area (Å²) in [7, 11) is 0. The summed E-state index contributed by atoms with van der Waals surface area (Å²) in [5, 5.41) is 1.81. The number of rotatable bonds is 9. The molecule has 0 amide bonds. The summed E-state index contributed by atoms with van der Waals surface area (Å²) in [4.78, 5) is 37.3. The van der Waals surface area contributed by atoms with E-state index in [0.717, 1.165) is 17.1 Å². The van der Waals surface area contributed by atoms with Crippen LogP contribution in [0.25, 0.3) is 0 Å². The molecule has 0 radical (unpaired) electrons. The summed E-state index contributed by atoms with van der Waals surface area (Å²) in [5.41, 5.74) is 2.20. The van der Waals surface area contributed by atoms with Crippen LogP contribution in [0.2, 0.25) is 0 Å². The third-order valence-electron chi connectivity index (χ3n) is 5.54. The summed E-state index contributed by atoms with van der Waals surface area (Å²) in [6.07, 6.45) is -0.176. The lowest BCUT2D eigenvalue weighted by Crippen LogP contribution is -2.33. The number of aryl methyl sites for hydroxylation is 1. The predicted molar refractivity (Wildman–Crippen MR) is 123 cm³/mol. The van der Waals surface area contributed by atoms with E-state index in [0.29, 0.717) is 29.3 Å². The average Bonchev–Trinajstić information content (AvgIpc) is 3.45. The van der Waals surface area contributed by atoms with Gasteiger partial charge >= 0.3 is 5.97 Å². The molecule has 1 aromatic carbocycles. The number of nitrogens with zero attached hydrogens (tertiary/aromatic N) is 1. The number of carbonyl (C=O) groups excluding carboxylic acids is 3. The highest BCUT2D eigenvalue weighted by atomic mass is 32.1. The maximum atomic E-state index is 12.7. The minimum Gasteiger partial charge on any atom is -0.486 e. The quantitative estimate of drug-likeness (QED) is 0.343. The van der Waals surface area contributed by atoms with E-state index >= 15 is 0 Å². The van der Waals surface area contributed by atoms with Crippen LogP contribution < -0.4 is 9.47 Å². The average molecular weight is 468 g/mol. The van der Waals surface area contributed by atoms with Crippen LogP contribution in [0, 0.1) is 13.8 Å².